The van der Waals surface area contributed by atoms with E-state index in [4.69, 9.17) is 0 Å². The average Bonchev–Trinajstić information content (AvgIpc) is 2.36. The van der Waals surface area contributed by atoms with Crippen LogP contribution in [0, 0.1) is 12.7 Å². The first-order valence-electron chi connectivity index (χ1n) is 6.25. The maximum atomic E-state index is 13.7. The van der Waals surface area contributed by atoms with Crippen LogP contribution in [-0.2, 0) is 0 Å². The third-order valence-electron chi connectivity index (χ3n) is 2.99. The van der Waals surface area contributed by atoms with Crippen LogP contribution in [0.25, 0.3) is 0 Å². The summed E-state index contributed by atoms with van der Waals surface area (Å²) in [6.45, 7) is 6.21. The van der Waals surface area contributed by atoms with Crippen molar-refractivity contribution in [3.63, 3.8) is 0 Å². The zero-order valence-electron chi connectivity index (χ0n) is 10.5. The lowest BCUT2D eigenvalue weighted by Gasteiger charge is -2.27. The lowest BCUT2D eigenvalue weighted by Crippen LogP contribution is -2.31. The minimum atomic E-state index is -0.340. The first kappa shape index (κ1) is 12.1. The smallest absolute Gasteiger partial charge is 0.227 e. The van der Waals surface area contributed by atoms with E-state index in [0.29, 0.717) is 24.0 Å². The maximum Gasteiger partial charge on any atom is 0.227 e. The molecule has 1 fully saturated rings. The summed E-state index contributed by atoms with van der Waals surface area (Å²) in [5.74, 6) is 0.632. The van der Waals surface area contributed by atoms with Gasteiger partial charge in [0.1, 0.15) is 0 Å². The molecule has 0 unspecified atom stereocenters. The van der Waals surface area contributed by atoms with Crippen molar-refractivity contribution in [2.75, 3.05) is 29.9 Å². The van der Waals surface area contributed by atoms with Gasteiger partial charge in [0, 0.05) is 19.6 Å². The van der Waals surface area contributed by atoms with Gasteiger partial charge in [0.25, 0.3) is 0 Å². The van der Waals surface area contributed by atoms with Crippen molar-refractivity contribution in [3.05, 3.63) is 11.5 Å². The first-order valence-corrected chi connectivity index (χ1v) is 6.25. The lowest BCUT2D eigenvalue weighted by molar-refractivity contribution is 0.560. The molecule has 17 heavy (non-hydrogen) atoms. The summed E-state index contributed by atoms with van der Waals surface area (Å²) in [5, 5.41) is 2.94. The van der Waals surface area contributed by atoms with Crippen LogP contribution in [0.15, 0.2) is 0 Å². The van der Waals surface area contributed by atoms with Crippen LogP contribution in [0.5, 0.6) is 0 Å². The summed E-state index contributed by atoms with van der Waals surface area (Å²) < 4.78 is 13.7. The molecule has 0 radical (unpaired) electrons. The Morgan fingerprint density at radius 2 is 1.94 bits per heavy atom. The number of hydrogen-bond acceptors (Lipinski definition) is 4. The summed E-state index contributed by atoms with van der Waals surface area (Å²) in [4.78, 5) is 10.7. The Labute approximate surface area is 101 Å². The molecule has 0 spiro atoms. The highest BCUT2D eigenvalue weighted by atomic mass is 19.1. The molecule has 1 aromatic rings. The molecule has 0 aromatic carbocycles. The van der Waals surface area contributed by atoms with E-state index in [2.05, 4.69) is 20.2 Å². The fraction of sp³-hybridized carbons (Fsp3) is 0.667. The second-order valence-electron chi connectivity index (χ2n) is 4.35. The molecule has 0 aliphatic carbocycles. The molecular formula is C12H19FN4. The molecule has 4 nitrogen and oxygen atoms in total. The number of halogens is 1. The van der Waals surface area contributed by atoms with Gasteiger partial charge in [-0.05, 0) is 33.1 Å². The molecule has 2 heterocycles. The number of aryl methyl sites for hydroxylation is 1. The molecule has 1 aliphatic heterocycles. The van der Waals surface area contributed by atoms with Gasteiger partial charge < -0.3 is 10.2 Å². The van der Waals surface area contributed by atoms with Crippen molar-refractivity contribution >= 4 is 11.8 Å². The van der Waals surface area contributed by atoms with Gasteiger partial charge in [0.15, 0.2) is 11.6 Å². The van der Waals surface area contributed by atoms with Gasteiger partial charge in [-0.25, -0.2) is 9.37 Å². The van der Waals surface area contributed by atoms with E-state index in [-0.39, 0.29) is 5.82 Å². The summed E-state index contributed by atoms with van der Waals surface area (Å²) in [5.41, 5.74) is 0.413. The van der Waals surface area contributed by atoms with Gasteiger partial charge in [-0.1, -0.05) is 0 Å². The number of piperidine rings is 1. The standard InChI is InChI=1S/C12H19FN4/c1-3-14-11-10(13)9(2)15-12(16-11)17-7-5-4-6-8-17/h3-8H2,1-2H3,(H,14,15,16). The molecule has 94 valence electrons. The van der Waals surface area contributed by atoms with E-state index < -0.39 is 0 Å². The Hall–Kier alpha value is -1.39. The van der Waals surface area contributed by atoms with Crippen molar-refractivity contribution in [2.24, 2.45) is 0 Å². The van der Waals surface area contributed by atoms with Gasteiger partial charge in [0.2, 0.25) is 5.95 Å². The fourth-order valence-corrected chi connectivity index (χ4v) is 2.06. The van der Waals surface area contributed by atoms with E-state index in [1.165, 1.54) is 6.42 Å². The lowest BCUT2D eigenvalue weighted by atomic mass is 10.1. The largest absolute Gasteiger partial charge is 0.368 e. The van der Waals surface area contributed by atoms with E-state index >= 15 is 0 Å². The summed E-state index contributed by atoms with van der Waals surface area (Å²) in [6, 6.07) is 0. The third-order valence-corrected chi connectivity index (χ3v) is 2.99. The second kappa shape index (κ2) is 5.29. The molecule has 1 aliphatic rings. The zero-order valence-corrected chi connectivity index (χ0v) is 10.5. The van der Waals surface area contributed by atoms with Crippen LogP contribution in [0.4, 0.5) is 16.2 Å². The minimum absolute atomic E-state index is 0.320. The number of aromatic nitrogens is 2. The van der Waals surface area contributed by atoms with E-state index in [1.807, 2.05) is 6.92 Å². The van der Waals surface area contributed by atoms with Gasteiger partial charge >= 0.3 is 0 Å². The van der Waals surface area contributed by atoms with Crippen LogP contribution in [0.1, 0.15) is 31.9 Å². The average molecular weight is 238 g/mol. The molecule has 1 saturated heterocycles. The summed E-state index contributed by atoms with van der Waals surface area (Å²) >= 11 is 0. The highest BCUT2D eigenvalue weighted by Gasteiger charge is 2.17. The van der Waals surface area contributed by atoms with E-state index in [1.54, 1.807) is 6.92 Å². The third kappa shape index (κ3) is 2.65. The highest BCUT2D eigenvalue weighted by Crippen LogP contribution is 2.21. The summed E-state index contributed by atoms with van der Waals surface area (Å²) in [6.07, 6.45) is 3.59. The highest BCUT2D eigenvalue weighted by molar-refractivity contribution is 5.45. The van der Waals surface area contributed by atoms with E-state index in [0.717, 1.165) is 25.9 Å². The molecule has 1 aromatic heterocycles. The predicted octanol–water partition coefficient (Wildman–Crippen LogP) is 2.35. The number of hydrogen-bond donors (Lipinski definition) is 1. The van der Waals surface area contributed by atoms with Crippen LogP contribution in [-0.4, -0.2) is 29.6 Å². The molecular weight excluding hydrogens is 219 g/mol. The molecule has 2 rings (SSSR count). The zero-order chi connectivity index (χ0) is 12.3. The van der Waals surface area contributed by atoms with Gasteiger partial charge in [-0.15, -0.1) is 0 Å². The molecule has 0 saturated carbocycles. The number of anilines is 2. The molecule has 0 bridgehead atoms. The molecule has 0 amide bonds. The van der Waals surface area contributed by atoms with Crippen molar-refractivity contribution in [3.8, 4) is 0 Å². The Kier molecular flexibility index (Phi) is 3.76. The normalized spacial score (nSPS) is 16.1. The van der Waals surface area contributed by atoms with Crippen LogP contribution < -0.4 is 10.2 Å². The SMILES string of the molecule is CCNc1nc(N2CCCCC2)nc(C)c1F. The Balaban J connectivity index is 2.27. The number of rotatable bonds is 3. The maximum absolute atomic E-state index is 13.7. The topological polar surface area (TPSA) is 41.1 Å². The number of nitrogens with one attached hydrogen (secondary N) is 1. The van der Waals surface area contributed by atoms with Crippen molar-refractivity contribution < 1.29 is 4.39 Å². The summed E-state index contributed by atoms with van der Waals surface area (Å²) in [7, 11) is 0. The Morgan fingerprint density at radius 3 is 2.59 bits per heavy atom. The predicted molar refractivity (Wildman–Crippen MR) is 67.0 cm³/mol. The van der Waals surface area contributed by atoms with Crippen molar-refractivity contribution in [2.45, 2.75) is 33.1 Å². The number of nitrogens with zero attached hydrogens (tertiary/aromatic N) is 3. The monoisotopic (exact) mass is 238 g/mol. The minimum Gasteiger partial charge on any atom is -0.368 e. The van der Waals surface area contributed by atoms with Gasteiger partial charge in [-0.3, -0.25) is 0 Å². The quantitative estimate of drug-likeness (QED) is 0.877. The van der Waals surface area contributed by atoms with Crippen molar-refractivity contribution in [1.82, 2.24) is 9.97 Å². The van der Waals surface area contributed by atoms with Crippen LogP contribution in [0.3, 0.4) is 0 Å². The Morgan fingerprint density at radius 1 is 1.24 bits per heavy atom. The van der Waals surface area contributed by atoms with Crippen molar-refractivity contribution in [1.29, 1.82) is 0 Å². The van der Waals surface area contributed by atoms with E-state index in [9.17, 15) is 4.39 Å². The van der Waals surface area contributed by atoms with Gasteiger partial charge in [-0.2, -0.15) is 4.98 Å². The second-order valence-corrected chi connectivity index (χ2v) is 4.35. The molecule has 0 atom stereocenters. The fourth-order valence-electron chi connectivity index (χ4n) is 2.06. The van der Waals surface area contributed by atoms with Crippen LogP contribution in [0.2, 0.25) is 0 Å². The van der Waals surface area contributed by atoms with Crippen LogP contribution >= 0.6 is 0 Å². The van der Waals surface area contributed by atoms with Gasteiger partial charge in [0.05, 0.1) is 5.69 Å². The first-order chi connectivity index (χ1) is 8.22. The Bertz CT molecular complexity index is 388. The molecule has 5 heteroatoms. The molecule has 1 N–H and O–H groups in total.